The van der Waals surface area contributed by atoms with E-state index in [1.165, 1.54) is 0 Å². The zero-order valence-electron chi connectivity index (χ0n) is 8.77. The SMILES string of the molecule is NC(=O)c1cc(-c2cc3cccnc3[nH]2)[nH]n1. The summed E-state index contributed by atoms with van der Waals surface area (Å²) in [6.07, 6.45) is 1.71. The number of primary amides is 1. The van der Waals surface area contributed by atoms with E-state index < -0.39 is 5.91 Å². The van der Waals surface area contributed by atoms with E-state index in [0.717, 1.165) is 16.7 Å². The quantitative estimate of drug-likeness (QED) is 0.610. The molecule has 0 unspecified atom stereocenters. The summed E-state index contributed by atoms with van der Waals surface area (Å²) in [5, 5.41) is 7.57. The third-order valence-electron chi connectivity index (χ3n) is 2.51. The molecule has 6 heteroatoms. The van der Waals surface area contributed by atoms with Gasteiger partial charge in [0.2, 0.25) is 0 Å². The Hall–Kier alpha value is -2.63. The lowest BCUT2D eigenvalue weighted by molar-refractivity contribution is 0.0995. The van der Waals surface area contributed by atoms with Crippen LogP contribution in [0.3, 0.4) is 0 Å². The minimum atomic E-state index is -0.554. The van der Waals surface area contributed by atoms with Crippen molar-refractivity contribution in [2.45, 2.75) is 0 Å². The number of hydrogen-bond acceptors (Lipinski definition) is 3. The molecular formula is C11H9N5O. The largest absolute Gasteiger partial charge is 0.364 e. The van der Waals surface area contributed by atoms with Crippen molar-refractivity contribution in [1.29, 1.82) is 0 Å². The first kappa shape index (κ1) is 9.59. The number of carbonyl (C=O) groups excluding carboxylic acids is 1. The van der Waals surface area contributed by atoms with Crippen LogP contribution in [0.15, 0.2) is 30.5 Å². The molecule has 3 aromatic rings. The number of nitrogens with two attached hydrogens (primary N) is 1. The Balaban J connectivity index is 2.10. The molecule has 0 saturated heterocycles. The average molecular weight is 227 g/mol. The molecule has 0 radical (unpaired) electrons. The van der Waals surface area contributed by atoms with Gasteiger partial charge in [0, 0.05) is 11.6 Å². The van der Waals surface area contributed by atoms with Gasteiger partial charge >= 0.3 is 0 Å². The van der Waals surface area contributed by atoms with Crippen LogP contribution in [0.25, 0.3) is 22.4 Å². The Morgan fingerprint density at radius 1 is 1.29 bits per heavy atom. The molecule has 84 valence electrons. The van der Waals surface area contributed by atoms with Crippen molar-refractivity contribution >= 4 is 16.9 Å². The summed E-state index contributed by atoms with van der Waals surface area (Å²) in [6, 6.07) is 7.35. The van der Waals surface area contributed by atoms with Crippen LogP contribution in [-0.2, 0) is 0 Å². The fourth-order valence-electron chi connectivity index (χ4n) is 1.69. The maximum absolute atomic E-state index is 10.9. The molecule has 6 nitrogen and oxygen atoms in total. The molecule has 3 rings (SSSR count). The molecule has 3 heterocycles. The monoisotopic (exact) mass is 227 g/mol. The fourth-order valence-corrected chi connectivity index (χ4v) is 1.69. The number of carbonyl (C=O) groups is 1. The van der Waals surface area contributed by atoms with Crippen LogP contribution in [0, 0.1) is 0 Å². The van der Waals surface area contributed by atoms with Gasteiger partial charge in [-0.15, -0.1) is 0 Å². The Labute approximate surface area is 95.9 Å². The molecule has 0 bridgehead atoms. The fraction of sp³-hybridized carbons (Fsp3) is 0. The van der Waals surface area contributed by atoms with Gasteiger partial charge in [0.25, 0.3) is 5.91 Å². The first-order chi connectivity index (χ1) is 8.24. The van der Waals surface area contributed by atoms with Crippen molar-refractivity contribution in [3.8, 4) is 11.4 Å². The summed E-state index contributed by atoms with van der Waals surface area (Å²) in [4.78, 5) is 18.3. The van der Waals surface area contributed by atoms with Crippen LogP contribution in [0.4, 0.5) is 0 Å². The van der Waals surface area contributed by atoms with Crippen molar-refractivity contribution in [1.82, 2.24) is 20.2 Å². The molecule has 17 heavy (non-hydrogen) atoms. The van der Waals surface area contributed by atoms with Gasteiger partial charge in [-0.1, -0.05) is 0 Å². The number of H-pyrrole nitrogens is 2. The van der Waals surface area contributed by atoms with E-state index in [9.17, 15) is 4.79 Å². The van der Waals surface area contributed by atoms with E-state index in [2.05, 4.69) is 20.2 Å². The summed E-state index contributed by atoms with van der Waals surface area (Å²) < 4.78 is 0. The number of rotatable bonds is 2. The Bertz CT molecular complexity index is 664. The molecule has 1 amide bonds. The molecule has 0 aliphatic carbocycles. The second kappa shape index (κ2) is 3.44. The van der Waals surface area contributed by atoms with Crippen LogP contribution < -0.4 is 5.73 Å². The number of hydrogen-bond donors (Lipinski definition) is 3. The highest BCUT2D eigenvalue weighted by Gasteiger charge is 2.09. The van der Waals surface area contributed by atoms with Crippen molar-refractivity contribution < 1.29 is 4.79 Å². The second-order valence-corrected chi connectivity index (χ2v) is 3.66. The normalized spacial score (nSPS) is 10.8. The van der Waals surface area contributed by atoms with Gasteiger partial charge in [0.05, 0.1) is 11.4 Å². The first-order valence-corrected chi connectivity index (χ1v) is 5.03. The molecule has 0 aromatic carbocycles. The number of aromatic nitrogens is 4. The molecule has 0 fully saturated rings. The van der Waals surface area contributed by atoms with E-state index in [1.807, 2.05) is 18.2 Å². The summed E-state index contributed by atoms with van der Waals surface area (Å²) in [6.45, 7) is 0. The molecule has 0 aliphatic heterocycles. The molecule has 0 saturated carbocycles. The van der Waals surface area contributed by atoms with E-state index in [-0.39, 0.29) is 5.69 Å². The summed E-state index contributed by atoms with van der Waals surface area (Å²) in [7, 11) is 0. The zero-order chi connectivity index (χ0) is 11.8. The number of nitrogens with zero attached hydrogens (tertiary/aromatic N) is 2. The minimum absolute atomic E-state index is 0.214. The average Bonchev–Trinajstić information content (AvgIpc) is 2.95. The Morgan fingerprint density at radius 2 is 2.18 bits per heavy atom. The van der Waals surface area contributed by atoms with Gasteiger partial charge in [-0.05, 0) is 24.3 Å². The lowest BCUT2D eigenvalue weighted by atomic mass is 10.2. The number of fused-ring (bicyclic) bond motifs is 1. The third-order valence-corrected chi connectivity index (χ3v) is 2.51. The predicted molar refractivity (Wildman–Crippen MR) is 62.2 cm³/mol. The smallest absolute Gasteiger partial charge is 0.269 e. The molecule has 3 aromatic heterocycles. The highest BCUT2D eigenvalue weighted by molar-refractivity contribution is 5.92. The van der Waals surface area contributed by atoms with E-state index in [1.54, 1.807) is 12.3 Å². The molecule has 0 atom stereocenters. The van der Waals surface area contributed by atoms with Gasteiger partial charge in [-0.25, -0.2) is 4.98 Å². The van der Waals surface area contributed by atoms with Crippen LogP contribution in [0.5, 0.6) is 0 Å². The lowest BCUT2D eigenvalue weighted by Gasteiger charge is -1.88. The van der Waals surface area contributed by atoms with Crippen molar-refractivity contribution in [2.24, 2.45) is 5.73 Å². The highest BCUT2D eigenvalue weighted by atomic mass is 16.1. The van der Waals surface area contributed by atoms with E-state index >= 15 is 0 Å². The molecule has 0 aliphatic rings. The van der Waals surface area contributed by atoms with E-state index in [4.69, 9.17) is 5.73 Å². The lowest BCUT2D eigenvalue weighted by Crippen LogP contribution is -2.10. The number of amides is 1. The second-order valence-electron chi connectivity index (χ2n) is 3.66. The van der Waals surface area contributed by atoms with Crippen LogP contribution >= 0.6 is 0 Å². The predicted octanol–water partition coefficient (Wildman–Crippen LogP) is 1.05. The first-order valence-electron chi connectivity index (χ1n) is 5.03. The maximum Gasteiger partial charge on any atom is 0.269 e. The van der Waals surface area contributed by atoms with Gasteiger partial charge in [0.1, 0.15) is 11.3 Å². The van der Waals surface area contributed by atoms with Crippen LogP contribution in [0.1, 0.15) is 10.5 Å². The van der Waals surface area contributed by atoms with Gasteiger partial charge < -0.3 is 10.7 Å². The van der Waals surface area contributed by atoms with Gasteiger partial charge in [-0.2, -0.15) is 5.10 Å². The van der Waals surface area contributed by atoms with Crippen molar-refractivity contribution in [3.63, 3.8) is 0 Å². The molecular weight excluding hydrogens is 218 g/mol. The van der Waals surface area contributed by atoms with Crippen molar-refractivity contribution in [3.05, 3.63) is 36.2 Å². The summed E-state index contributed by atoms with van der Waals surface area (Å²) >= 11 is 0. The van der Waals surface area contributed by atoms with Crippen LogP contribution in [-0.4, -0.2) is 26.1 Å². The summed E-state index contributed by atoms with van der Waals surface area (Å²) in [5.74, 6) is -0.554. The third kappa shape index (κ3) is 1.55. The van der Waals surface area contributed by atoms with Crippen LogP contribution in [0.2, 0.25) is 0 Å². The topological polar surface area (TPSA) is 100 Å². The maximum atomic E-state index is 10.9. The Kier molecular flexibility index (Phi) is 1.94. The van der Waals surface area contributed by atoms with Gasteiger partial charge in [0.15, 0.2) is 0 Å². The van der Waals surface area contributed by atoms with E-state index in [0.29, 0.717) is 5.69 Å². The van der Waals surface area contributed by atoms with Crippen molar-refractivity contribution in [2.75, 3.05) is 0 Å². The van der Waals surface area contributed by atoms with Gasteiger partial charge in [-0.3, -0.25) is 9.89 Å². The summed E-state index contributed by atoms with van der Waals surface area (Å²) in [5.41, 5.74) is 7.66. The number of pyridine rings is 1. The Morgan fingerprint density at radius 3 is 2.88 bits per heavy atom. The minimum Gasteiger partial charge on any atom is -0.364 e. The zero-order valence-corrected chi connectivity index (χ0v) is 8.77. The number of nitrogens with one attached hydrogen (secondary N) is 2. The highest BCUT2D eigenvalue weighted by Crippen LogP contribution is 2.21. The standard InChI is InChI=1S/C11H9N5O/c12-10(17)9-5-8(15-16-9)7-4-6-2-1-3-13-11(6)14-7/h1-5H,(H2,12,17)(H,13,14)(H,15,16). The molecule has 0 spiro atoms. The molecule has 4 N–H and O–H groups in total. The number of aromatic amines is 2.